The predicted molar refractivity (Wildman–Crippen MR) is 73.4 cm³/mol. The largest absolute Gasteiger partial charge is 0.288 e. The van der Waals surface area contributed by atoms with E-state index in [2.05, 4.69) is 15.9 Å². The Balaban J connectivity index is 2.41. The van der Waals surface area contributed by atoms with Crippen molar-refractivity contribution in [2.45, 2.75) is 13.3 Å². The Morgan fingerprint density at radius 1 is 1.22 bits per heavy atom. The Morgan fingerprint density at radius 2 is 2.00 bits per heavy atom. The van der Waals surface area contributed by atoms with Gasteiger partial charge in [0.05, 0.1) is 5.56 Å². The van der Waals surface area contributed by atoms with Crippen LogP contribution in [0.3, 0.4) is 0 Å². The van der Waals surface area contributed by atoms with Crippen LogP contribution in [-0.2, 0) is 6.42 Å². The normalized spacial score (nSPS) is 10.4. The molecule has 1 nitrogen and oxygen atoms in total. The standard InChI is InChI=1S/C15H12BrFO/c1-2-10-4-3-5-11(8-10)15(18)13-7-6-12(16)9-14(13)17/h3-9H,2H2,1H3. The second-order valence-electron chi connectivity index (χ2n) is 4.01. The van der Waals surface area contributed by atoms with Crippen LogP contribution in [0.2, 0.25) is 0 Å². The van der Waals surface area contributed by atoms with Gasteiger partial charge < -0.3 is 0 Å². The molecule has 0 fully saturated rings. The van der Waals surface area contributed by atoms with E-state index in [0.717, 1.165) is 12.0 Å². The molecule has 0 amide bonds. The van der Waals surface area contributed by atoms with Gasteiger partial charge in [-0.25, -0.2) is 4.39 Å². The second kappa shape index (κ2) is 5.44. The van der Waals surface area contributed by atoms with Gasteiger partial charge in [0.15, 0.2) is 5.78 Å². The van der Waals surface area contributed by atoms with Gasteiger partial charge in [0.25, 0.3) is 0 Å². The van der Waals surface area contributed by atoms with Crippen LogP contribution in [0.4, 0.5) is 4.39 Å². The first-order valence-electron chi connectivity index (χ1n) is 5.70. The van der Waals surface area contributed by atoms with Crippen molar-refractivity contribution in [3.63, 3.8) is 0 Å². The van der Waals surface area contributed by atoms with Crippen LogP contribution in [0.15, 0.2) is 46.9 Å². The van der Waals surface area contributed by atoms with Gasteiger partial charge in [-0.1, -0.05) is 41.1 Å². The minimum Gasteiger partial charge on any atom is -0.288 e. The molecule has 0 N–H and O–H groups in total. The lowest BCUT2D eigenvalue weighted by molar-refractivity contribution is 0.103. The van der Waals surface area contributed by atoms with Crippen molar-refractivity contribution in [2.24, 2.45) is 0 Å². The van der Waals surface area contributed by atoms with Crippen molar-refractivity contribution in [3.05, 3.63) is 69.4 Å². The fourth-order valence-corrected chi connectivity index (χ4v) is 2.09. The van der Waals surface area contributed by atoms with Crippen molar-refractivity contribution in [1.29, 1.82) is 0 Å². The molecule has 0 heterocycles. The Morgan fingerprint density at radius 3 is 2.67 bits per heavy atom. The average molecular weight is 307 g/mol. The topological polar surface area (TPSA) is 17.1 Å². The summed E-state index contributed by atoms with van der Waals surface area (Å²) in [5.74, 6) is -0.786. The van der Waals surface area contributed by atoms with Gasteiger partial charge in [0.2, 0.25) is 0 Å². The van der Waals surface area contributed by atoms with Crippen molar-refractivity contribution in [1.82, 2.24) is 0 Å². The number of benzene rings is 2. The molecule has 0 bridgehead atoms. The number of carbonyl (C=O) groups is 1. The fourth-order valence-electron chi connectivity index (χ4n) is 1.76. The molecule has 0 aliphatic rings. The van der Waals surface area contributed by atoms with Crippen LogP contribution in [0.25, 0.3) is 0 Å². The SMILES string of the molecule is CCc1cccc(C(=O)c2ccc(Br)cc2F)c1. The molecule has 0 unspecified atom stereocenters. The highest BCUT2D eigenvalue weighted by atomic mass is 79.9. The molecule has 0 atom stereocenters. The number of ketones is 1. The Kier molecular flexibility index (Phi) is 3.92. The molecule has 2 rings (SSSR count). The molecule has 0 spiro atoms. The summed E-state index contributed by atoms with van der Waals surface area (Å²) in [6.45, 7) is 2.02. The van der Waals surface area contributed by atoms with Crippen LogP contribution < -0.4 is 0 Å². The minimum atomic E-state index is -0.503. The Hall–Kier alpha value is -1.48. The lowest BCUT2D eigenvalue weighted by Crippen LogP contribution is -2.04. The maximum atomic E-state index is 13.7. The first-order valence-corrected chi connectivity index (χ1v) is 6.50. The molecule has 0 saturated carbocycles. The number of rotatable bonds is 3. The van der Waals surface area contributed by atoms with Crippen molar-refractivity contribution < 1.29 is 9.18 Å². The first-order chi connectivity index (χ1) is 8.61. The zero-order valence-corrected chi connectivity index (χ0v) is 11.5. The third kappa shape index (κ3) is 2.67. The molecular weight excluding hydrogens is 295 g/mol. The molecule has 92 valence electrons. The second-order valence-corrected chi connectivity index (χ2v) is 4.92. The predicted octanol–water partition coefficient (Wildman–Crippen LogP) is 4.38. The highest BCUT2D eigenvalue weighted by molar-refractivity contribution is 9.10. The van der Waals surface area contributed by atoms with Crippen LogP contribution in [0.5, 0.6) is 0 Å². The van der Waals surface area contributed by atoms with E-state index in [1.54, 1.807) is 12.1 Å². The van der Waals surface area contributed by atoms with Crippen molar-refractivity contribution in [3.8, 4) is 0 Å². The number of aryl methyl sites for hydroxylation is 1. The molecule has 0 aliphatic carbocycles. The summed E-state index contributed by atoms with van der Waals surface area (Å²) >= 11 is 3.17. The zero-order chi connectivity index (χ0) is 13.1. The number of hydrogen-bond donors (Lipinski definition) is 0. The summed E-state index contributed by atoms with van der Waals surface area (Å²) in [6.07, 6.45) is 0.851. The quantitative estimate of drug-likeness (QED) is 0.769. The lowest BCUT2D eigenvalue weighted by Gasteiger charge is -2.05. The van der Waals surface area contributed by atoms with Gasteiger partial charge in [-0.3, -0.25) is 4.79 Å². The Labute approximate surface area is 114 Å². The van der Waals surface area contributed by atoms with Crippen LogP contribution in [0, 0.1) is 5.82 Å². The van der Waals surface area contributed by atoms with Crippen molar-refractivity contribution in [2.75, 3.05) is 0 Å². The molecule has 3 heteroatoms. The summed E-state index contributed by atoms with van der Waals surface area (Å²) < 4.78 is 14.3. The maximum absolute atomic E-state index is 13.7. The summed E-state index contributed by atoms with van der Waals surface area (Å²) in [6, 6.07) is 11.8. The lowest BCUT2D eigenvalue weighted by atomic mass is 10.0. The number of carbonyl (C=O) groups excluding carboxylic acids is 1. The monoisotopic (exact) mass is 306 g/mol. The van der Waals surface area contributed by atoms with E-state index < -0.39 is 5.82 Å². The third-order valence-corrected chi connectivity index (χ3v) is 3.27. The summed E-state index contributed by atoms with van der Waals surface area (Å²) in [4.78, 5) is 12.2. The Bertz CT molecular complexity index is 593. The first kappa shape index (κ1) is 13.0. The molecule has 0 aliphatic heterocycles. The van der Waals surface area contributed by atoms with Crippen LogP contribution >= 0.6 is 15.9 Å². The van der Waals surface area contributed by atoms with Gasteiger partial charge in [0.1, 0.15) is 5.82 Å². The summed E-state index contributed by atoms with van der Waals surface area (Å²) in [5, 5.41) is 0. The third-order valence-electron chi connectivity index (χ3n) is 2.77. The van der Waals surface area contributed by atoms with Gasteiger partial charge in [0, 0.05) is 10.0 Å². The molecular formula is C15H12BrFO. The molecule has 0 aromatic heterocycles. The molecule has 0 radical (unpaired) electrons. The van der Waals surface area contributed by atoms with Crippen LogP contribution in [0.1, 0.15) is 28.4 Å². The van der Waals surface area contributed by atoms with E-state index in [4.69, 9.17) is 0 Å². The highest BCUT2D eigenvalue weighted by Gasteiger charge is 2.14. The molecule has 18 heavy (non-hydrogen) atoms. The van der Waals surface area contributed by atoms with E-state index >= 15 is 0 Å². The van der Waals surface area contributed by atoms with E-state index in [1.807, 2.05) is 25.1 Å². The van der Waals surface area contributed by atoms with E-state index in [1.165, 1.54) is 12.1 Å². The highest BCUT2D eigenvalue weighted by Crippen LogP contribution is 2.19. The van der Waals surface area contributed by atoms with Gasteiger partial charge >= 0.3 is 0 Å². The van der Waals surface area contributed by atoms with Crippen molar-refractivity contribution >= 4 is 21.7 Å². The minimum absolute atomic E-state index is 0.103. The van der Waals surface area contributed by atoms with E-state index in [0.29, 0.717) is 10.0 Å². The fraction of sp³-hybridized carbons (Fsp3) is 0.133. The van der Waals surface area contributed by atoms with Crippen LogP contribution in [-0.4, -0.2) is 5.78 Å². The van der Waals surface area contributed by atoms with E-state index in [9.17, 15) is 9.18 Å². The zero-order valence-electron chi connectivity index (χ0n) is 9.91. The van der Waals surface area contributed by atoms with Gasteiger partial charge in [-0.15, -0.1) is 0 Å². The molecule has 2 aromatic carbocycles. The smallest absolute Gasteiger partial charge is 0.195 e. The maximum Gasteiger partial charge on any atom is 0.195 e. The summed E-state index contributed by atoms with van der Waals surface area (Å²) in [5.41, 5.74) is 1.69. The number of halogens is 2. The average Bonchev–Trinajstić information content (AvgIpc) is 2.38. The number of hydrogen-bond acceptors (Lipinski definition) is 1. The van der Waals surface area contributed by atoms with Gasteiger partial charge in [-0.2, -0.15) is 0 Å². The van der Waals surface area contributed by atoms with Gasteiger partial charge in [-0.05, 0) is 36.2 Å². The summed E-state index contributed by atoms with van der Waals surface area (Å²) in [7, 11) is 0. The molecule has 2 aromatic rings. The van der Waals surface area contributed by atoms with E-state index in [-0.39, 0.29) is 11.3 Å². The molecule has 0 saturated heterocycles.